The normalized spacial score (nSPS) is 48.2. The number of carbonyl (C=O) groups is 5. The van der Waals surface area contributed by atoms with Crippen LogP contribution >= 0.6 is 0 Å². The Morgan fingerprint density at radius 3 is 0.947 bits per heavy atom. The van der Waals surface area contributed by atoms with Gasteiger partial charge in [-0.15, -0.1) is 0 Å². The highest BCUT2D eigenvalue weighted by Crippen LogP contribution is 2.41. The van der Waals surface area contributed by atoms with Crippen molar-refractivity contribution >= 4 is 29.5 Å². The fourth-order valence-electron chi connectivity index (χ4n) is 14.7. The second kappa shape index (κ2) is 40.9. The van der Waals surface area contributed by atoms with E-state index in [2.05, 4.69) is 26.6 Å². The van der Waals surface area contributed by atoms with Gasteiger partial charge in [0.2, 0.25) is 29.5 Å². The van der Waals surface area contributed by atoms with Gasteiger partial charge in [0.25, 0.3) is 0 Å². The third-order valence-electron chi connectivity index (χ3n) is 20.7. The summed E-state index contributed by atoms with van der Waals surface area (Å²) in [5.74, 6) is -4.59. The van der Waals surface area contributed by atoms with Crippen molar-refractivity contribution in [2.24, 2.45) is 0 Å². The highest BCUT2D eigenvalue weighted by Gasteiger charge is 2.61. The minimum absolute atomic E-state index is 0.845. The Labute approximate surface area is 646 Å². The van der Waals surface area contributed by atoms with Gasteiger partial charge in [-0.25, -0.2) is 0 Å². The Balaban J connectivity index is 1.16. The van der Waals surface area contributed by atoms with E-state index in [0.717, 1.165) is 34.6 Å². The summed E-state index contributed by atoms with van der Waals surface area (Å²) in [7, 11) is 0. The first kappa shape index (κ1) is 93.6. The van der Waals surface area contributed by atoms with Gasteiger partial charge >= 0.3 is 0 Å². The summed E-state index contributed by atoms with van der Waals surface area (Å²) in [5, 5.41) is 270. The molecule has 0 unspecified atom stereocenters. The molecule has 5 amide bonds. The van der Waals surface area contributed by atoms with Gasteiger partial charge in [-0.05, 0) is 6.92 Å². The molecule has 9 heterocycles. The predicted molar refractivity (Wildman–Crippen MR) is 354 cm³/mol. The Hall–Kier alpha value is -4.25. The van der Waals surface area contributed by atoms with Gasteiger partial charge in [0.05, 0.1) is 59.0 Å². The van der Waals surface area contributed by atoms with Gasteiger partial charge in [0.1, 0.15) is 213 Å². The van der Waals surface area contributed by atoms with Crippen molar-refractivity contribution in [2.75, 3.05) is 52.9 Å². The van der Waals surface area contributed by atoms with Crippen LogP contribution in [0.4, 0.5) is 0 Å². The summed E-state index contributed by atoms with van der Waals surface area (Å²) in [6.45, 7) is -2.88. The van der Waals surface area contributed by atoms with E-state index in [1.807, 2.05) is 0 Å². The van der Waals surface area contributed by atoms with E-state index in [-0.39, 0.29) is 0 Å². The fourth-order valence-corrected chi connectivity index (χ4v) is 14.7. The molecule has 28 N–H and O–H groups in total. The van der Waals surface area contributed by atoms with Crippen LogP contribution in [0.15, 0.2) is 0 Å². The van der Waals surface area contributed by atoms with Crippen LogP contribution in [0.25, 0.3) is 0 Å². The number of hydrogen-bond donors (Lipinski definition) is 28. The summed E-state index contributed by atoms with van der Waals surface area (Å²) >= 11 is 0. The minimum atomic E-state index is -2.70. The quantitative estimate of drug-likeness (QED) is 0.0331. The van der Waals surface area contributed by atoms with E-state index in [9.17, 15) is 141 Å². The lowest BCUT2D eigenvalue weighted by Crippen LogP contribution is -2.71. The van der Waals surface area contributed by atoms with E-state index in [1.165, 1.54) is 6.92 Å². The molecule has 9 saturated heterocycles. The molecular weight excluding hydrogens is 1560 g/mol. The van der Waals surface area contributed by atoms with Crippen LogP contribution in [0.5, 0.6) is 0 Å². The van der Waals surface area contributed by atoms with Crippen LogP contribution in [0, 0.1) is 0 Å². The summed E-state index contributed by atoms with van der Waals surface area (Å²) < 4.78 is 104. The lowest BCUT2D eigenvalue weighted by Gasteiger charge is -2.52. The molecule has 658 valence electrons. The first-order valence-corrected chi connectivity index (χ1v) is 36.5. The van der Waals surface area contributed by atoms with Crippen LogP contribution in [-0.4, -0.2) is 476 Å². The molecule has 0 saturated carbocycles. The third-order valence-corrected chi connectivity index (χ3v) is 20.7. The Kier molecular flexibility index (Phi) is 33.6. The highest BCUT2D eigenvalue weighted by molar-refractivity contribution is 5.75. The van der Waals surface area contributed by atoms with Gasteiger partial charge in [-0.2, -0.15) is 0 Å². The largest absolute Gasteiger partial charge is 0.394 e. The smallest absolute Gasteiger partial charge is 0.217 e. The first-order chi connectivity index (χ1) is 53.8. The van der Waals surface area contributed by atoms with E-state index in [0.29, 0.717) is 0 Å². The molecule has 0 radical (unpaired) electrons. The zero-order chi connectivity index (χ0) is 84.1. The van der Waals surface area contributed by atoms with Gasteiger partial charge < -0.3 is 225 Å². The molecular formula is C64H107N5O45. The van der Waals surface area contributed by atoms with E-state index >= 15 is 0 Å². The maximum atomic E-state index is 13.3. The number of rotatable bonds is 29. The van der Waals surface area contributed by atoms with Crippen molar-refractivity contribution in [1.29, 1.82) is 0 Å². The lowest BCUT2D eigenvalue weighted by atomic mass is 9.93. The minimum Gasteiger partial charge on any atom is -0.394 e. The molecule has 9 aliphatic heterocycles. The second-order valence-corrected chi connectivity index (χ2v) is 28.9. The van der Waals surface area contributed by atoms with Crippen molar-refractivity contribution < 1.29 is 222 Å². The first-order valence-electron chi connectivity index (χ1n) is 36.5. The third kappa shape index (κ3) is 21.0. The van der Waals surface area contributed by atoms with E-state index in [1.54, 1.807) is 0 Å². The Morgan fingerprint density at radius 2 is 0.535 bits per heavy atom. The molecule has 9 rings (SSSR count). The van der Waals surface area contributed by atoms with Crippen molar-refractivity contribution in [3.05, 3.63) is 0 Å². The molecule has 0 bridgehead atoms. The lowest BCUT2D eigenvalue weighted by molar-refractivity contribution is -0.407. The van der Waals surface area contributed by atoms with Gasteiger partial charge in [0, 0.05) is 34.6 Å². The molecule has 0 aliphatic carbocycles. The second-order valence-electron chi connectivity index (χ2n) is 28.9. The number of nitrogens with one attached hydrogen (secondary N) is 5. The highest BCUT2D eigenvalue weighted by atomic mass is 16.8. The van der Waals surface area contributed by atoms with E-state index < -0.39 is 358 Å². The topological polar surface area (TPSA) is 768 Å². The Morgan fingerprint density at radius 1 is 0.246 bits per heavy atom. The van der Waals surface area contributed by atoms with Crippen molar-refractivity contribution in [1.82, 2.24) is 26.6 Å². The number of aliphatic hydroxyl groups is 23. The fraction of sp³-hybridized carbons (Fsp3) is 0.922. The van der Waals surface area contributed by atoms with Crippen LogP contribution < -0.4 is 26.6 Å². The van der Waals surface area contributed by atoms with Crippen LogP contribution in [-0.2, 0) is 104 Å². The molecule has 0 spiro atoms. The molecule has 9 aliphatic rings. The maximum absolute atomic E-state index is 13.3. The molecule has 45 atom stereocenters. The molecule has 0 aromatic rings. The van der Waals surface area contributed by atoms with Crippen molar-refractivity contribution in [3.8, 4) is 0 Å². The predicted octanol–water partition coefficient (Wildman–Crippen LogP) is -18.9. The molecule has 50 nitrogen and oxygen atoms in total. The van der Waals surface area contributed by atoms with Crippen LogP contribution in [0.1, 0.15) is 41.5 Å². The SMILES string of the molecule is CC(=O)N[C@@H]1[C@@H](O)[C@H](O[C@@H]2O[C@H](CO)[C@@H](O[C@@H]3O[C@H](CO[C@H]4O[C@H](CO)[C@@H](O)[C@H](O)[C@@H]4O[C@@H]4O[C@H](CO)[C@@H](O)[C@H](O)[C@H]4NC(C)=O)[C@@H](O[C@@H]4O[C@H](CO)[C@@H](O)[C@H](O)[C@H]4NC(C)=O)[C@H](O[C@H]4O[C@H](CO)[C@@H](O)[C@H](O)[C@@H]4O[C@@H]4O[C@H](CO)[C@@H](O)[C@H](O)[C@H]4NC(C)=O)[C@@H]3O)[C@H](O)[C@H]2NC(C)=O)[C@@H](CO[C@@H]2O[C@@H](C)[C@@H](O)[C@@H](O)[C@@H]2O)O[C@H]1O. The zero-order valence-corrected chi connectivity index (χ0v) is 61.9. The zero-order valence-electron chi connectivity index (χ0n) is 61.9. The number of aliphatic hydroxyl groups excluding tert-OH is 23. The summed E-state index contributed by atoms with van der Waals surface area (Å²) in [5.41, 5.74) is 0. The molecule has 9 fully saturated rings. The molecule has 0 aromatic carbocycles. The van der Waals surface area contributed by atoms with Gasteiger partial charge in [0.15, 0.2) is 56.6 Å². The summed E-state index contributed by atoms with van der Waals surface area (Å²) in [6.07, 6.45) is -83.8. The average Bonchev–Trinajstić information content (AvgIpc) is 0.758. The standard InChI is InChI=1S/C64H107N5O45/c1-15-34(81)45(92)48(95)61(100-15)98-13-27-51(43(90)29(56(97)101-27)65-16(2)76)109-60-33(69-20(6)80)44(91)50(26(12-75)107-60)110-62-49(96)53(112-64-55(47(94)39(86)25(11-74)106-64)114-59-32(68-19(5)79)42(89)37(84)23(9-72)104-59)52(111-57-30(66-17(3)77)40(87)35(82)21(7-70)102-57)28(108-62)14-99-63-54(46(93)38(85)24(10-73)105-63)113-58-31(67-18(4)78)41(88)36(83)22(8-71)103-58/h15,21-64,70-75,81-97H,7-14H2,1-6H3,(H,65,76)(H,66,77)(H,67,78)(H,68,79)(H,69,80)/t15-,21+,22+,23+,24+,25+,26+,27+,28+,29+,30+,31+,32+,33+,34+,35+,36+,37+,38+,39+,40+,41+,42+,43+,44+,45+,46-,47-,48-,49-,50+,51+,52+,53+,54-,55-,56+,57-,58-,59-,60-,61+,62-,63-,64+/m0/s1. The van der Waals surface area contributed by atoms with Crippen molar-refractivity contribution in [3.63, 3.8) is 0 Å². The summed E-state index contributed by atoms with van der Waals surface area (Å²) in [6, 6.07) is -9.44. The molecule has 50 heteroatoms. The maximum Gasteiger partial charge on any atom is 0.217 e. The van der Waals surface area contributed by atoms with Crippen LogP contribution in [0.2, 0.25) is 0 Å². The van der Waals surface area contributed by atoms with Crippen LogP contribution in [0.3, 0.4) is 0 Å². The van der Waals surface area contributed by atoms with Crippen molar-refractivity contribution in [2.45, 2.75) is 318 Å². The summed E-state index contributed by atoms with van der Waals surface area (Å²) in [4.78, 5) is 64.1. The van der Waals surface area contributed by atoms with E-state index in [4.69, 9.17) is 80.5 Å². The number of ether oxygens (including phenoxy) is 17. The van der Waals surface area contributed by atoms with Gasteiger partial charge in [-0.3, -0.25) is 24.0 Å². The monoisotopic (exact) mass is 1670 g/mol. The Bertz CT molecular complexity index is 3080. The number of hydrogen-bond acceptors (Lipinski definition) is 45. The number of amides is 5. The molecule has 0 aromatic heterocycles. The number of carbonyl (C=O) groups excluding carboxylic acids is 5. The average molecular weight is 1670 g/mol. The molecule has 114 heavy (non-hydrogen) atoms. The van der Waals surface area contributed by atoms with Gasteiger partial charge in [-0.1, -0.05) is 0 Å².